The van der Waals surface area contributed by atoms with Crippen LogP contribution < -0.4 is 10.3 Å². The Labute approximate surface area is 200 Å². The zero-order chi connectivity index (χ0) is 24.5. The van der Waals surface area contributed by atoms with Crippen LogP contribution in [0.5, 0.6) is 5.75 Å². The third kappa shape index (κ3) is 5.75. The molecule has 1 saturated heterocycles. The molecule has 0 bridgehead atoms. The van der Waals surface area contributed by atoms with Crippen molar-refractivity contribution >= 4 is 11.9 Å². The van der Waals surface area contributed by atoms with Crippen LogP contribution in [0.2, 0.25) is 0 Å². The highest BCUT2D eigenvalue weighted by Gasteiger charge is 2.34. The number of rotatable bonds is 7. The molecule has 1 unspecified atom stereocenters. The minimum absolute atomic E-state index is 0.0104. The summed E-state index contributed by atoms with van der Waals surface area (Å²) in [5, 5.41) is 0. The minimum atomic E-state index is -4.60. The molecule has 4 rings (SSSR count). The zero-order valence-corrected chi connectivity index (χ0v) is 20.0. The van der Waals surface area contributed by atoms with Crippen LogP contribution in [0.1, 0.15) is 42.8 Å². The lowest BCUT2D eigenvalue weighted by molar-refractivity contribution is -0.142. The van der Waals surface area contributed by atoms with E-state index in [4.69, 9.17) is 4.74 Å². The number of aromatic nitrogens is 2. The van der Waals surface area contributed by atoms with E-state index < -0.39 is 24.3 Å². The lowest BCUT2D eigenvalue weighted by Crippen LogP contribution is -2.36. The van der Waals surface area contributed by atoms with E-state index in [1.54, 1.807) is 24.9 Å². The van der Waals surface area contributed by atoms with Crippen LogP contribution in [-0.2, 0) is 19.6 Å². The van der Waals surface area contributed by atoms with Crippen LogP contribution in [0.3, 0.4) is 0 Å². The first-order valence-electron chi connectivity index (χ1n) is 11.2. The van der Waals surface area contributed by atoms with E-state index >= 15 is 0 Å². The SMILES string of the molecule is CSN1CCC(COc2cnc(C(C)N3Cc4ccc(F)cc4C3)n(CC(F)(F)F)c2=O)CC1. The molecule has 0 N–H and O–H groups in total. The van der Waals surface area contributed by atoms with E-state index in [0.717, 1.165) is 37.1 Å². The second-order valence-electron chi connectivity index (χ2n) is 8.85. The van der Waals surface area contributed by atoms with Gasteiger partial charge in [-0.05, 0) is 55.2 Å². The van der Waals surface area contributed by atoms with Gasteiger partial charge in [0.2, 0.25) is 5.75 Å². The van der Waals surface area contributed by atoms with Crippen LogP contribution in [-0.4, -0.2) is 50.9 Å². The standard InChI is InChI=1S/C23H28F4N4O2S/c1-15(29-11-17-3-4-19(24)9-18(17)12-29)21-28-10-20(22(32)31(21)14-23(25,26)27)33-13-16-5-7-30(34-2)8-6-16/h3-4,9-10,15-16H,5-8,11-14H2,1-2H3. The largest absolute Gasteiger partial charge is 0.486 e. The summed E-state index contributed by atoms with van der Waals surface area (Å²) in [5.74, 6) is -0.280. The van der Waals surface area contributed by atoms with Gasteiger partial charge in [-0.25, -0.2) is 9.37 Å². The number of fused-ring (bicyclic) bond motifs is 1. The van der Waals surface area contributed by atoms with Gasteiger partial charge in [0.05, 0.1) is 18.8 Å². The van der Waals surface area contributed by atoms with Crippen LogP contribution >= 0.6 is 11.9 Å². The molecule has 1 aromatic carbocycles. The number of hydrogen-bond donors (Lipinski definition) is 0. The number of benzene rings is 1. The van der Waals surface area contributed by atoms with E-state index in [2.05, 4.69) is 9.29 Å². The number of ether oxygens (including phenoxy) is 1. The van der Waals surface area contributed by atoms with Crippen LogP contribution in [0.25, 0.3) is 0 Å². The fraction of sp³-hybridized carbons (Fsp3) is 0.565. The first-order valence-corrected chi connectivity index (χ1v) is 12.4. The third-order valence-electron chi connectivity index (χ3n) is 6.53. The zero-order valence-electron chi connectivity index (χ0n) is 19.1. The summed E-state index contributed by atoms with van der Waals surface area (Å²) >= 11 is 1.68. The molecule has 186 valence electrons. The van der Waals surface area contributed by atoms with Crippen molar-refractivity contribution in [3.8, 4) is 5.75 Å². The maximum atomic E-state index is 13.6. The first kappa shape index (κ1) is 25.0. The average Bonchev–Trinajstić information content (AvgIpc) is 3.22. The van der Waals surface area contributed by atoms with Gasteiger partial charge in [0, 0.05) is 26.2 Å². The van der Waals surface area contributed by atoms with Crippen molar-refractivity contribution in [1.29, 1.82) is 0 Å². The van der Waals surface area contributed by atoms with Crippen molar-refractivity contribution in [1.82, 2.24) is 18.8 Å². The highest BCUT2D eigenvalue weighted by molar-refractivity contribution is 7.96. The summed E-state index contributed by atoms with van der Waals surface area (Å²) in [6, 6.07) is 3.88. The van der Waals surface area contributed by atoms with Crippen LogP contribution in [0, 0.1) is 11.7 Å². The smallest absolute Gasteiger partial charge is 0.406 e. The monoisotopic (exact) mass is 500 g/mol. The Kier molecular flexibility index (Phi) is 7.54. The van der Waals surface area contributed by atoms with Crippen LogP contribution in [0.15, 0.2) is 29.2 Å². The molecule has 0 spiro atoms. The van der Waals surface area contributed by atoms with Gasteiger partial charge in [0.15, 0.2) is 0 Å². The highest BCUT2D eigenvalue weighted by Crippen LogP contribution is 2.31. The van der Waals surface area contributed by atoms with E-state index in [1.165, 1.54) is 18.3 Å². The Hall–Kier alpha value is -2.11. The van der Waals surface area contributed by atoms with Gasteiger partial charge >= 0.3 is 6.18 Å². The van der Waals surface area contributed by atoms with Crippen molar-refractivity contribution in [3.05, 3.63) is 57.5 Å². The summed E-state index contributed by atoms with van der Waals surface area (Å²) < 4.78 is 62.3. The second-order valence-corrected chi connectivity index (χ2v) is 9.73. The summed E-state index contributed by atoms with van der Waals surface area (Å²) in [4.78, 5) is 19.2. The molecule has 2 aliphatic rings. The van der Waals surface area contributed by atoms with Gasteiger partial charge < -0.3 is 4.74 Å². The van der Waals surface area contributed by atoms with Crippen LogP contribution in [0.4, 0.5) is 17.6 Å². The number of hydrogen-bond acceptors (Lipinski definition) is 6. The maximum Gasteiger partial charge on any atom is 0.406 e. The highest BCUT2D eigenvalue weighted by atomic mass is 32.2. The van der Waals surface area contributed by atoms with E-state index in [-0.39, 0.29) is 29.9 Å². The van der Waals surface area contributed by atoms with Gasteiger partial charge in [-0.2, -0.15) is 13.2 Å². The number of nitrogens with zero attached hydrogens (tertiary/aromatic N) is 4. The van der Waals surface area contributed by atoms with Gasteiger partial charge in [0.1, 0.15) is 18.2 Å². The van der Waals surface area contributed by atoms with E-state index in [0.29, 0.717) is 17.7 Å². The van der Waals surface area contributed by atoms with Gasteiger partial charge in [-0.3, -0.25) is 18.6 Å². The minimum Gasteiger partial charge on any atom is -0.486 e. The molecule has 0 aliphatic carbocycles. The Morgan fingerprint density at radius 1 is 1.21 bits per heavy atom. The molecule has 0 amide bonds. The van der Waals surface area contributed by atoms with E-state index in [1.807, 2.05) is 11.2 Å². The van der Waals surface area contributed by atoms with Gasteiger partial charge in [-0.1, -0.05) is 18.0 Å². The molecule has 0 radical (unpaired) electrons. The topological polar surface area (TPSA) is 50.6 Å². The first-order chi connectivity index (χ1) is 16.1. The molecule has 34 heavy (non-hydrogen) atoms. The van der Waals surface area contributed by atoms with Crippen molar-refractivity contribution in [2.75, 3.05) is 26.0 Å². The van der Waals surface area contributed by atoms with Gasteiger partial charge in [-0.15, -0.1) is 0 Å². The lowest BCUT2D eigenvalue weighted by atomic mass is 9.99. The lowest BCUT2D eigenvalue weighted by Gasteiger charge is -2.30. The normalized spacial score (nSPS) is 18.8. The molecule has 0 saturated carbocycles. The summed E-state index contributed by atoms with van der Waals surface area (Å²) in [7, 11) is 0. The average molecular weight is 501 g/mol. The Balaban J connectivity index is 1.53. The van der Waals surface area contributed by atoms with Crippen molar-refractivity contribution < 1.29 is 22.3 Å². The summed E-state index contributed by atoms with van der Waals surface area (Å²) in [6.45, 7) is 3.14. The predicted molar refractivity (Wildman–Crippen MR) is 122 cm³/mol. The third-order valence-corrected chi connectivity index (χ3v) is 7.41. The summed E-state index contributed by atoms with van der Waals surface area (Å²) in [5.41, 5.74) is 0.855. The molecule has 1 atom stereocenters. The predicted octanol–water partition coefficient (Wildman–Crippen LogP) is 4.39. The molecule has 3 heterocycles. The number of alkyl halides is 3. The molecule has 6 nitrogen and oxygen atoms in total. The Morgan fingerprint density at radius 2 is 1.91 bits per heavy atom. The maximum absolute atomic E-state index is 13.6. The molecule has 2 aliphatic heterocycles. The quantitative estimate of drug-likeness (QED) is 0.415. The Bertz CT molecular complexity index is 1070. The number of piperidine rings is 1. The molecule has 1 fully saturated rings. The summed E-state index contributed by atoms with van der Waals surface area (Å²) in [6.07, 6.45) is 0.459. The Morgan fingerprint density at radius 3 is 2.59 bits per heavy atom. The fourth-order valence-electron chi connectivity index (χ4n) is 4.54. The second kappa shape index (κ2) is 10.2. The van der Waals surface area contributed by atoms with Gasteiger partial charge in [0.25, 0.3) is 5.56 Å². The van der Waals surface area contributed by atoms with Crippen molar-refractivity contribution in [3.63, 3.8) is 0 Å². The molecular formula is C23H28F4N4O2S. The molecular weight excluding hydrogens is 472 g/mol. The molecule has 11 heteroatoms. The molecule has 2 aromatic rings. The molecule has 1 aromatic heterocycles. The fourth-order valence-corrected chi connectivity index (χ4v) is 5.12. The van der Waals surface area contributed by atoms with Crippen molar-refractivity contribution in [2.45, 2.75) is 51.6 Å². The van der Waals surface area contributed by atoms with Crippen molar-refractivity contribution in [2.24, 2.45) is 5.92 Å². The number of halogens is 4. The van der Waals surface area contributed by atoms with E-state index in [9.17, 15) is 22.4 Å².